The molecule has 0 aliphatic rings. The zero-order valence-corrected chi connectivity index (χ0v) is 10.1. The van der Waals surface area contributed by atoms with E-state index in [0.29, 0.717) is 5.39 Å². The van der Waals surface area contributed by atoms with Crippen LogP contribution in [-0.4, -0.2) is 13.0 Å². The summed E-state index contributed by atoms with van der Waals surface area (Å²) in [6, 6.07) is 12.4. The van der Waals surface area contributed by atoms with Gasteiger partial charge in [0, 0.05) is 18.2 Å². The Kier molecular flexibility index (Phi) is 2.33. The number of benzene rings is 1. The van der Waals surface area contributed by atoms with E-state index in [0.717, 1.165) is 10.9 Å². The second-order valence-corrected chi connectivity index (χ2v) is 5.43. The monoisotopic (exact) mass is 260 g/mol. The van der Waals surface area contributed by atoms with Crippen LogP contribution in [0.1, 0.15) is 0 Å². The smallest absolute Gasteiger partial charge is 0.282 e. The standard InChI is InChI=1S/C13H9NO3S/c15-18(16,17)13-6-3-4-10-8-11-5-1-2-7-14(11)9-12(10)13/h1-9H/p+1. The summed E-state index contributed by atoms with van der Waals surface area (Å²) in [5.41, 5.74) is 0.956. The maximum atomic E-state index is 11.3. The summed E-state index contributed by atoms with van der Waals surface area (Å²) in [7, 11) is -4.21. The van der Waals surface area contributed by atoms with Crippen molar-refractivity contribution in [1.82, 2.24) is 0 Å². The molecule has 3 aromatic rings. The van der Waals surface area contributed by atoms with E-state index in [1.165, 1.54) is 6.07 Å². The fourth-order valence-corrected chi connectivity index (χ4v) is 2.76. The van der Waals surface area contributed by atoms with E-state index in [9.17, 15) is 13.0 Å². The third-order valence-corrected chi connectivity index (χ3v) is 3.78. The van der Waals surface area contributed by atoms with Crippen LogP contribution in [0, 0.1) is 0 Å². The highest BCUT2D eigenvalue weighted by Crippen LogP contribution is 2.22. The molecule has 0 spiro atoms. The highest BCUT2D eigenvalue weighted by molar-refractivity contribution is 7.86. The van der Waals surface area contributed by atoms with Crippen LogP contribution in [0.4, 0.5) is 0 Å². The van der Waals surface area contributed by atoms with Crippen LogP contribution in [0.3, 0.4) is 0 Å². The van der Waals surface area contributed by atoms with Crippen molar-refractivity contribution in [3.8, 4) is 0 Å². The van der Waals surface area contributed by atoms with Gasteiger partial charge < -0.3 is 0 Å². The van der Waals surface area contributed by atoms with Crippen LogP contribution in [0.25, 0.3) is 16.3 Å². The van der Waals surface area contributed by atoms with E-state index >= 15 is 0 Å². The van der Waals surface area contributed by atoms with Crippen molar-refractivity contribution in [2.75, 3.05) is 0 Å². The van der Waals surface area contributed by atoms with E-state index in [1.54, 1.807) is 12.3 Å². The zero-order valence-electron chi connectivity index (χ0n) is 9.32. The summed E-state index contributed by atoms with van der Waals surface area (Å²) in [4.78, 5) is -0.0711. The SMILES string of the molecule is O=S(=O)(O)c1cccc2cc3cccc[n+]3cc12. The highest BCUT2D eigenvalue weighted by Gasteiger charge is 2.16. The Balaban J connectivity index is 2.51. The number of hydrogen-bond acceptors (Lipinski definition) is 2. The molecule has 0 saturated carbocycles. The second-order valence-electron chi connectivity index (χ2n) is 4.04. The molecule has 1 N–H and O–H groups in total. The minimum atomic E-state index is -4.21. The maximum Gasteiger partial charge on any atom is 0.295 e. The average Bonchev–Trinajstić information content (AvgIpc) is 2.34. The van der Waals surface area contributed by atoms with Crippen molar-refractivity contribution in [2.24, 2.45) is 0 Å². The molecule has 0 fully saturated rings. The number of rotatable bonds is 1. The van der Waals surface area contributed by atoms with Crippen LogP contribution in [-0.2, 0) is 10.1 Å². The topological polar surface area (TPSA) is 58.5 Å². The summed E-state index contributed by atoms with van der Waals surface area (Å²) < 4.78 is 33.7. The van der Waals surface area contributed by atoms with Gasteiger partial charge in [0.2, 0.25) is 5.52 Å². The normalized spacial score (nSPS) is 12.1. The summed E-state index contributed by atoms with van der Waals surface area (Å²) in [5, 5.41) is 1.28. The third-order valence-electron chi connectivity index (χ3n) is 2.87. The van der Waals surface area contributed by atoms with Gasteiger partial charge >= 0.3 is 0 Å². The van der Waals surface area contributed by atoms with Crippen molar-refractivity contribution < 1.29 is 17.4 Å². The van der Waals surface area contributed by atoms with Gasteiger partial charge in [-0.05, 0) is 17.5 Å². The predicted octanol–water partition coefficient (Wildman–Crippen LogP) is 1.83. The number of pyridine rings is 2. The lowest BCUT2D eigenvalue weighted by molar-refractivity contribution is -0.510. The van der Waals surface area contributed by atoms with Gasteiger partial charge in [-0.3, -0.25) is 4.55 Å². The first-order valence-electron chi connectivity index (χ1n) is 5.36. The molecule has 0 radical (unpaired) electrons. The van der Waals surface area contributed by atoms with Gasteiger partial charge in [-0.2, -0.15) is 12.8 Å². The van der Waals surface area contributed by atoms with Gasteiger partial charge in [-0.1, -0.05) is 12.1 Å². The lowest BCUT2D eigenvalue weighted by Gasteiger charge is -2.02. The quantitative estimate of drug-likeness (QED) is 0.412. The van der Waals surface area contributed by atoms with Gasteiger partial charge in [0.1, 0.15) is 4.90 Å². The molecule has 3 rings (SSSR count). The molecule has 0 aliphatic heterocycles. The molecule has 0 saturated heterocycles. The van der Waals surface area contributed by atoms with Gasteiger partial charge in [-0.15, -0.1) is 0 Å². The van der Waals surface area contributed by atoms with Crippen molar-refractivity contribution in [1.29, 1.82) is 0 Å². The number of aromatic nitrogens is 1. The van der Waals surface area contributed by atoms with Crippen molar-refractivity contribution in [3.05, 3.63) is 54.9 Å². The fourth-order valence-electron chi connectivity index (χ4n) is 2.06. The molecular weight excluding hydrogens is 250 g/mol. The minimum absolute atomic E-state index is 0.0711. The molecule has 0 atom stereocenters. The van der Waals surface area contributed by atoms with Crippen molar-refractivity contribution in [2.45, 2.75) is 4.90 Å². The predicted molar refractivity (Wildman–Crippen MR) is 66.9 cm³/mol. The van der Waals surface area contributed by atoms with Gasteiger partial charge in [0.05, 0.1) is 5.39 Å². The van der Waals surface area contributed by atoms with Crippen LogP contribution < -0.4 is 4.40 Å². The second kappa shape index (κ2) is 3.76. The Labute approximate surface area is 104 Å². The molecule has 1 aromatic carbocycles. The summed E-state index contributed by atoms with van der Waals surface area (Å²) in [5.74, 6) is 0. The highest BCUT2D eigenvalue weighted by atomic mass is 32.2. The maximum absolute atomic E-state index is 11.3. The molecule has 18 heavy (non-hydrogen) atoms. The van der Waals surface area contributed by atoms with Crippen molar-refractivity contribution >= 4 is 26.4 Å². The first-order chi connectivity index (χ1) is 8.55. The first kappa shape index (κ1) is 11.1. The van der Waals surface area contributed by atoms with Crippen LogP contribution in [0.15, 0.2) is 59.8 Å². The molecule has 0 amide bonds. The molecule has 0 bridgehead atoms. The largest absolute Gasteiger partial charge is 0.295 e. The Bertz CT molecular complexity index is 856. The minimum Gasteiger partial charge on any atom is -0.282 e. The molecule has 0 aliphatic carbocycles. The van der Waals surface area contributed by atoms with Crippen molar-refractivity contribution in [3.63, 3.8) is 0 Å². The van der Waals surface area contributed by atoms with E-state index in [1.807, 2.05) is 40.9 Å². The Morgan fingerprint density at radius 3 is 2.67 bits per heavy atom. The average molecular weight is 260 g/mol. The lowest BCUT2D eigenvalue weighted by atomic mass is 10.1. The fraction of sp³-hybridized carbons (Fsp3) is 0. The first-order valence-corrected chi connectivity index (χ1v) is 6.80. The van der Waals surface area contributed by atoms with E-state index in [4.69, 9.17) is 0 Å². The Morgan fingerprint density at radius 2 is 1.89 bits per heavy atom. The summed E-state index contributed by atoms with van der Waals surface area (Å²) in [6.45, 7) is 0. The number of hydrogen-bond donors (Lipinski definition) is 1. The molecule has 0 unspecified atom stereocenters. The molecule has 90 valence electrons. The van der Waals surface area contributed by atoms with Gasteiger partial charge in [0.15, 0.2) is 12.4 Å². The van der Waals surface area contributed by atoms with Crippen LogP contribution in [0.2, 0.25) is 0 Å². The Hall–Kier alpha value is -1.98. The number of nitrogens with zero attached hydrogens (tertiary/aromatic N) is 1. The van der Waals surface area contributed by atoms with Gasteiger partial charge in [-0.25, -0.2) is 0 Å². The molecule has 2 heterocycles. The summed E-state index contributed by atoms with van der Waals surface area (Å²) in [6.07, 6.45) is 3.53. The third kappa shape index (κ3) is 1.73. The number of fused-ring (bicyclic) bond motifs is 2. The molecule has 5 heteroatoms. The molecule has 4 nitrogen and oxygen atoms in total. The van der Waals surface area contributed by atoms with E-state index in [2.05, 4.69) is 0 Å². The zero-order chi connectivity index (χ0) is 12.8. The summed E-state index contributed by atoms with van der Waals surface area (Å²) >= 11 is 0. The van der Waals surface area contributed by atoms with E-state index in [-0.39, 0.29) is 4.90 Å². The molecule has 2 aromatic heterocycles. The van der Waals surface area contributed by atoms with E-state index < -0.39 is 10.1 Å². The Morgan fingerprint density at radius 1 is 1.06 bits per heavy atom. The lowest BCUT2D eigenvalue weighted by Crippen LogP contribution is -2.20. The van der Waals surface area contributed by atoms with Gasteiger partial charge in [0.25, 0.3) is 10.1 Å². The van der Waals surface area contributed by atoms with Crippen LogP contribution >= 0.6 is 0 Å². The molecular formula is C13H10NO3S+. The van der Waals surface area contributed by atoms with Crippen LogP contribution in [0.5, 0.6) is 0 Å².